The van der Waals surface area contributed by atoms with Gasteiger partial charge in [0.1, 0.15) is 0 Å². The Labute approximate surface area is 167 Å². The summed E-state index contributed by atoms with van der Waals surface area (Å²) < 4.78 is 0. The lowest BCUT2D eigenvalue weighted by Crippen LogP contribution is -2.30. The summed E-state index contributed by atoms with van der Waals surface area (Å²) in [6.45, 7) is 0.494. The minimum Gasteiger partial charge on any atom is -0.274 e. The molecule has 140 valence electrons. The number of unbranched alkanes of at least 4 members (excludes halogenated alkanes) is 2. The Hall–Kier alpha value is -2.79. The van der Waals surface area contributed by atoms with Gasteiger partial charge < -0.3 is 0 Å². The first-order chi connectivity index (χ1) is 13.7. The highest BCUT2D eigenvalue weighted by atomic mass is 32.1. The first-order valence-electron chi connectivity index (χ1n) is 9.74. The van der Waals surface area contributed by atoms with E-state index in [1.807, 2.05) is 11.3 Å². The van der Waals surface area contributed by atoms with Crippen LogP contribution in [-0.2, 0) is 12.8 Å². The van der Waals surface area contributed by atoms with Crippen LogP contribution in [0.15, 0.2) is 48.5 Å². The van der Waals surface area contributed by atoms with E-state index in [1.54, 1.807) is 24.3 Å². The fourth-order valence-corrected chi connectivity index (χ4v) is 5.23. The number of aryl methyl sites for hydroxylation is 1. The highest BCUT2D eigenvalue weighted by Gasteiger charge is 2.34. The number of fused-ring (bicyclic) bond motifs is 4. The molecule has 2 amide bonds. The summed E-state index contributed by atoms with van der Waals surface area (Å²) in [4.78, 5) is 32.4. The van der Waals surface area contributed by atoms with Gasteiger partial charge >= 0.3 is 0 Å². The lowest BCUT2D eigenvalue weighted by atomic mass is 10.1. The van der Waals surface area contributed by atoms with Crippen molar-refractivity contribution in [3.8, 4) is 11.3 Å². The van der Waals surface area contributed by atoms with Crippen LogP contribution in [0.3, 0.4) is 0 Å². The van der Waals surface area contributed by atoms with E-state index in [2.05, 4.69) is 24.3 Å². The van der Waals surface area contributed by atoms with Crippen molar-refractivity contribution >= 4 is 23.2 Å². The van der Waals surface area contributed by atoms with Crippen LogP contribution >= 0.6 is 11.3 Å². The third-order valence-corrected chi connectivity index (χ3v) is 6.63. The minimum absolute atomic E-state index is 0.157. The Bertz CT molecular complexity index is 1050. The first kappa shape index (κ1) is 17.3. The second-order valence-corrected chi connectivity index (χ2v) is 8.50. The predicted molar refractivity (Wildman–Crippen MR) is 110 cm³/mol. The van der Waals surface area contributed by atoms with Crippen LogP contribution in [0.2, 0.25) is 0 Å². The number of aromatic nitrogens is 1. The van der Waals surface area contributed by atoms with E-state index in [1.165, 1.54) is 31.6 Å². The van der Waals surface area contributed by atoms with Crippen molar-refractivity contribution in [3.05, 3.63) is 75.1 Å². The molecular weight excluding hydrogens is 368 g/mol. The van der Waals surface area contributed by atoms with Crippen molar-refractivity contribution in [3.63, 3.8) is 0 Å². The minimum atomic E-state index is -0.157. The molecule has 5 rings (SSSR count). The highest BCUT2D eigenvalue weighted by Crippen LogP contribution is 2.39. The van der Waals surface area contributed by atoms with E-state index in [-0.39, 0.29) is 11.8 Å². The summed E-state index contributed by atoms with van der Waals surface area (Å²) in [7, 11) is 0. The number of carbonyl (C=O) groups excluding carboxylic acids is 2. The quantitative estimate of drug-likeness (QED) is 0.355. The molecule has 2 heterocycles. The van der Waals surface area contributed by atoms with E-state index in [0.29, 0.717) is 17.7 Å². The summed E-state index contributed by atoms with van der Waals surface area (Å²) >= 11 is 1.82. The van der Waals surface area contributed by atoms with Gasteiger partial charge in [-0.2, -0.15) is 0 Å². The van der Waals surface area contributed by atoms with E-state index >= 15 is 0 Å². The van der Waals surface area contributed by atoms with Gasteiger partial charge in [0.2, 0.25) is 0 Å². The molecule has 1 aliphatic heterocycles. The second kappa shape index (κ2) is 6.99. The second-order valence-electron chi connectivity index (χ2n) is 7.33. The third kappa shape index (κ3) is 2.87. The van der Waals surface area contributed by atoms with Gasteiger partial charge in [0, 0.05) is 23.4 Å². The van der Waals surface area contributed by atoms with Gasteiger partial charge in [0.15, 0.2) is 0 Å². The number of rotatable bonds is 6. The van der Waals surface area contributed by atoms with Crippen LogP contribution in [0.5, 0.6) is 0 Å². The van der Waals surface area contributed by atoms with Crippen molar-refractivity contribution in [1.82, 2.24) is 9.88 Å². The molecular formula is C23H20N2O2S. The van der Waals surface area contributed by atoms with Crippen LogP contribution in [0, 0.1) is 0 Å². The largest absolute Gasteiger partial charge is 0.274 e. The van der Waals surface area contributed by atoms with Gasteiger partial charge in [-0.3, -0.25) is 14.5 Å². The van der Waals surface area contributed by atoms with Crippen LogP contribution in [0.1, 0.15) is 55.4 Å². The van der Waals surface area contributed by atoms with Gasteiger partial charge in [-0.25, -0.2) is 4.98 Å². The molecule has 0 radical (unpaired) electrons. The van der Waals surface area contributed by atoms with Gasteiger partial charge in [-0.15, -0.1) is 11.3 Å². The molecule has 5 heteroatoms. The van der Waals surface area contributed by atoms with Gasteiger partial charge in [-0.05, 0) is 37.0 Å². The third-order valence-electron chi connectivity index (χ3n) is 5.52. The van der Waals surface area contributed by atoms with Crippen molar-refractivity contribution in [2.75, 3.05) is 6.54 Å². The monoisotopic (exact) mass is 388 g/mol. The zero-order chi connectivity index (χ0) is 19.1. The van der Waals surface area contributed by atoms with Crippen LogP contribution in [-0.4, -0.2) is 28.2 Å². The van der Waals surface area contributed by atoms with E-state index < -0.39 is 0 Å². The number of nitrogens with zero attached hydrogens (tertiary/aromatic N) is 2. The lowest BCUT2D eigenvalue weighted by Gasteiger charge is -2.13. The van der Waals surface area contributed by atoms with Crippen molar-refractivity contribution in [1.29, 1.82) is 0 Å². The molecule has 2 aromatic carbocycles. The SMILES string of the molecule is O=C1c2ccccc2C(=O)N1CCCCCc1nc2c(s1)Cc1ccccc1-2. The molecule has 0 spiro atoms. The fraction of sp³-hybridized carbons (Fsp3) is 0.261. The number of hydrogen-bond donors (Lipinski definition) is 0. The maximum atomic E-state index is 12.4. The van der Waals surface area contributed by atoms with E-state index in [0.717, 1.165) is 32.1 Å². The number of amides is 2. The van der Waals surface area contributed by atoms with Crippen molar-refractivity contribution < 1.29 is 9.59 Å². The Kier molecular flexibility index (Phi) is 4.32. The summed E-state index contributed by atoms with van der Waals surface area (Å²) in [5.41, 5.74) is 4.89. The highest BCUT2D eigenvalue weighted by molar-refractivity contribution is 7.12. The molecule has 3 aromatic rings. The maximum Gasteiger partial charge on any atom is 0.261 e. The normalized spacial score (nSPS) is 14.4. The summed E-state index contributed by atoms with van der Waals surface area (Å²) in [5, 5.41) is 1.19. The summed E-state index contributed by atoms with van der Waals surface area (Å²) in [5.74, 6) is -0.314. The molecule has 0 atom stereocenters. The number of hydrogen-bond acceptors (Lipinski definition) is 4. The number of carbonyl (C=O) groups is 2. The van der Waals surface area contributed by atoms with Crippen LogP contribution in [0.4, 0.5) is 0 Å². The van der Waals surface area contributed by atoms with Gasteiger partial charge in [0.05, 0.1) is 21.8 Å². The molecule has 0 bridgehead atoms. The predicted octanol–water partition coefficient (Wildman–Crippen LogP) is 4.72. The number of benzene rings is 2. The number of imide groups is 1. The van der Waals surface area contributed by atoms with Gasteiger partial charge in [-0.1, -0.05) is 42.8 Å². The molecule has 28 heavy (non-hydrogen) atoms. The summed E-state index contributed by atoms with van der Waals surface area (Å²) in [6, 6.07) is 15.6. The van der Waals surface area contributed by atoms with E-state index in [4.69, 9.17) is 4.98 Å². The zero-order valence-electron chi connectivity index (χ0n) is 15.5. The molecule has 0 unspecified atom stereocenters. The molecule has 0 saturated carbocycles. The zero-order valence-corrected chi connectivity index (χ0v) is 16.3. The smallest absolute Gasteiger partial charge is 0.261 e. The van der Waals surface area contributed by atoms with Crippen LogP contribution in [0.25, 0.3) is 11.3 Å². The average Bonchev–Trinajstić information content (AvgIpc) is 3.33. The van der Waals surface area contributed by atoms with Crippen molar-refractivity contribution in [2.45, 2.75) is 32.1 Å². The molecule has 1 aliphatic carbocycles. The Balaban J connectivity index is 1.13. The Morgan fingerprint density at radius 2 is 1.54 bits per heavy atom. The van der Waals surface area contributed by atoms with Crippen molar-refractivity contribution in [2.24, 2.45) is 0 Å². The molecule has 0 saturated heterocycles. The first-order valence-corrected chi connectivity index (χ1v) is 10.6. The maximum absolute atomic E-state index is 12.4. The topological polar surface area (TPSA) is 50.3 Å². The fourth-order valence-electron chi connectivity index (χ4n) is 4.08. The standard InChI is InChI=1S/C23H20N2O2S/c26-22-17-10-5-6-11-18(17)23(27)25(22)13-7-1-2-12-20-24-21-16-9-4-3-8-15(16)14-19(21)28-20/h3-6,8-11H,1-2,7,12-14H2. The molecule has 0 N–H and O–H groups in total. The van der Waals surface area contributed by atoms with Gasteiger partial charge in [0.25, 0.3) is 11.8 Å². The summed E-state index contributed by atoms with van der Waals surface area (Å²) in [6.07, 6.45) is 4.80. The molecule has 1 aromatic heterocycles. The van der Waals surface area contributed by atoms with Crippen LogP contribution < -0.4 is 0 Å². The molecule has 4 nitrogen and oxygen atoms in total. The Morgan fingerprint density at radius 3 is 2.29 bits per heavy atom. The van der Waals surface area contributed by atoms with E-state index in [9.17, 15) is 9.59 Å². The number of thiazole rings is 1. The molecule has 2 aliphatic rings. The average molecular weight is 388 g/mol. The lowest BCUT2D eigenvalue weighted by molar-refractivity contribution is 0.0651. The molecule has 0 fully saturated rings. The Morgan fingerprint density at radius 1 is 0.857 bits per heavy atom.